The Morgan fingerprint density at radius 2 is 1.82 bits per heavy atom. The third kappa shape index (κ3) is 9.32. The van der Waals surface area contributed by atoms with Crippen LogP contribution >= 0.6 is 11.6 Å². The summed E-state index contributed by atoms with van der Waals surface area (Å²) >= 11 is 5.86. The molecular formula is C23H28ClN3O5S. The Morgan fingerprint density at radius 3 is 2.42 bits per heavy atom. The number of hydrazine groups is 1. The van der Waals surface area contributed by atoms with Crippen LogP contribution in [-0.4, -0.2) is 40.3 Å². The quantitative estimate of drug-likeness (QED) is 0.347. The van der Waals surface area contributed by atoms with E-state index in [1.54, 1.807) is 38.1 Å². The van der Waals surface area contributed by atoms with E-state index >= 15 is 0 Å². The molecule has 0 aliphatic heterocycles. The van der Waals surface area contributed by atoms with Crippen molar-refractivity contribution in [3.05, 3.63) is 58.6 Å². The molecule has 3 N–H and O–H groups in total. The first-order chi connectivity index (χ1) is 15.6. The van der Waals surface area contributed by atoms with Crippen molar-refractivity contribution in [3.63, 3.8) is 0 Å². The minimum atomic E-state index is -3.52. The van der Waals surface area contributed by atoms with Crippen LogP contribution < -0.4 is 25.0 Å². The Hall–Kier alpha value is -2.77. The number of hydrogen-bond donors (Lipinski definition) is 3. The van der Waals surface area contributed by atoms with E-state index in [9.17, 15) is 13.2 Å². The lowest BCUT2D eigenvalue weighted by molar-refractivity contribution is -0.124. The smallest absolute Gasteiger partial charge is 0.252 e. The predicted octanol–water partition coefficient (Wildman–Crippen LogP) is 2.47. The van der Waals surface area contributed by atoms with E-state index in [0.717, 1.165) is 17.4 Å². The minimum absolute atomic E-state index is 0.177. The Bertz CT molecular complexity index is 1110. The fourth-order valence-electron chi connectivity index (χ4n) is 2.76. The zero-order chi connectivity index (χ0) is 24.4. The van der Waals surface area contributed by atoms with E-state index in [-0.39, 0.29) is 12.5 Å². The molecule has 2 rings (SSSR count). The zero-order valence-corrected chi connectivity index (χ0v) is 20.5. The van der Waals surface area contributed by atoms with Crippen molar-refractivity contribution in [3.8, 4) is 23.3 Å². The standard InChI is InChI=1S/C23H28ClN3O5S/c1-16(2)22(27-33(4,29)30)23(28)26-25-15-18-9-12-20(21(14-18)31-3)32-13-5-6-17-7-10-19(24)11-8-17/h7-12,14,16,22,25,27H,13,15H2,1-4H3,(H,26,28). The molecule has 1 unspecified atom stereocenters. The number of sulfonamides is 1. The van der Waals surface area contributed by atoms with Crippen LogP contribution in [0.1, 0.15) is 25.0 Å². The summed E-state index contributed by atoms with van der Waals surface area (Å²) < 4.78 is 36.4. The van der Waals surface area contributed by atoms with Crippen molar-refractivity contribution in [2.45, 2.75) is 26.4 Å². The van der Waals surface area contributed by atoms with Gasteiger partial charge in [-0.1, -0.05) is 43.4 Å². The lowest BCUT2D eigenvalue weighted by Crippen LogP contribution is -2.52. The van der Waals surface area contributed by atoms with Crippen molar-refractivity contribution in [1.29, 1.82) is 0 Å². The molecule has 0 aliphatic carbocycles. The van der Waals surface area contributed by atoms with Gasteiger partial charge in [-0.2, -0.15) is 0 Å². The van der Waals surface area contributed by atoms with Crippen molar-refractivity contribution in [1.82, 2.24) is 15.6 Å². The average molecular weight is 494 g/mol. The van der Waals surface area contributed by atoms with Gasteiger partial charge in [0.1, 0.15) is 12.6 Å². The molecule has 8 nitrogen and oxygen atoms in total. The topological polar surface area (TPSA) is 106 Å². The maximum atomic E-state index is 12.3. The number of ether oxygens (including phenoxy) is 2. The molecule has 10 heteroatoms. The van der Waals surface area contributed by atoms with Gasteiger partial charge in [-0.25, -0.2) is 18.6 Å². The molecule has 178 valence electrons. The number of hydrogen-bond acceptors (Lipinski definition) is 6. The summed E-state index contributed by atoms with van der Waals surface area (Å²) in [6, 6.07) is 11.7. The number of halogens is 1. The first-order valence-corrected chi connectivity index (χ1v) is 12.4. The summed E-state index contributed by atoms with van der Waals surface area (Å²) in [5, 5.41) is 0.654. The van der Waals surface area contributed by atoms with Crippen LogP contribution in [0, 0.1) is 17.8 Å². The van der Waals surface area contributed by atoms with Gasteiger partial charge in [0.25, 0.3) is 5.91 Å². The fourth-order valence-corrected chi connectivity index (χ4v) is 3.73. The zero-order valence-electron chi connectivity index (χ0n) is 18.9. The maximum absolute atomic E-state index is 12.3. The first-order valence-electron chi connectivity index (χ1n) is 10.1. The molecule has 0 radical (unpaired) electrons. The van der Waals surface area contributed by atoms with Crippen LogP contribution in [0.15, 0.2) is 42.5 Å². The van der Waals surface area contributed by atoms with Gasteiger partial charge in [-0.15, -0.1) is 0 Å². The number of carbonyl (C=O) groups excluding carboxylic acids is 1. The summed E-state index contributed by atoms with van der Waals surface area (Å²) in [6.45, 7) is 3.98. The molecule has 1 amide bonds. The number of rotatable bonds is 10. The molecule has 0 spiro atoms. The largest absolute Gasteiger partial charge is 0.493 e. The molecule has 2 aromatic rings. The van der Waals surface area contributed by atoms with Crippen LogP contribution in [0.5, 0.6) is 11.5 Å². The van der Waals surface area contributed by atoms with Crippen molar-refractivity contribution in [2.75, 3.05) is 20.0 Å². The highest BCUT2D eigenvalue weighted by Gasteiger charge is 2.25. The third-order valence-electron chi connectivity index (χ3n) is 4.40. The maximum Gasteiger partial charge on any atom is 0.252 e. The summed E-state index contributed by atoms with van der Waals surface area (Å²) in [5.41, 5.74) is 7.00. The minimum Gasteiger partial charge on any atom is -0.493 e. The highest BCUT2D eigenvalue weighted by molar-refractivity contribution is 7.88. The molecule has 0 saturated carbocycles. The molecule has 0 saturated heterocycles. The van der Waals surface area contributed by atoms with Gasteiger partial charge in [0.15, 0.2) is 11.5 Å². The average Bonchev–Trinajstić information content (AvgIpc) is 2.76. The normalized spacial score (nSPS) is 11.9. The molecule has 2 aromatic carbocycles. The number of carbonyl (C=O) groups is 1. The summed E-state index contributed by atoms with van der Waals surface area (Å²) in [7, 11) is -1.98. The van der Waals surface area contributed by atoms with Gasteiger partial charge in [0, 0.05) is 17.1 Å². The molecule has 0 heterocycles. The molecular weight excluding hydrogens is 466 g/mol. The van der Waals surface area contributed by atoms with Crippen molar-refractivity contribution >= 4 is 27.5 Å². The Morgan fingerprint density at radius 1 is 1.12 bits per heavy atom. The Kier molecular flexibility index (Phi) is 10.0. The molecule has 33 heavy (non-hydrogen) atoms. The fraction of sp³-hybridized carbons (Fsp3) is 0.348. The highest BCUT2D eigenvalue weighted by atomic mass is 35.5. The molecule has 0 aliphatic rings. The van der Waals surface area contributed by atoms with E-state index in [1.807, 2.05) is 18.2 Å². The van der Waals surface area contributed by atoms with Crippen molar-refractivity contribution in [2.24, 2.45) is 5.92 Å². The van der Waals surface area contributed by atoms with E-state index in [4.69, 9.17) is 21.1 Å². The van der Waals surface area contributed by atoms with Gasteiger partial charge < -0.3 is 9.47 Å². The van der Waals surface area contributed by atoms with Gasteiger partial charge in [0.2, 0.25) is 10.0 Å². The Balaban J connectivity index is 1.91. The van der Waals surface area contributed by atoms with E-state index in [0.29, 0.717) is 23.1 Å². The second-order valence-corrected chi connectivity index (χ2v) is 9.75. The molecule has 0 fully saturated rings. The van der Waals surface area contributed by atoms with Crippen LogP contribution in [-0.2, 0) is 21.4 Å². The SMILES string of the molecule is COc1cc(CNNC(=O)C(NS(C)(=O)=O)C(C)C)ccc1OCC#Cc1ccc(Cl)cc1. The number of nitrogens with one attached hydrogen (secondary N) is 3. The van der Waals surface area contributed by atoms with E-state index in [1.165, 1.54) is 7.11 Å². The van der Waals surface area contributed by atoms with Crippen molar-refractivity contribution < 1.29 is 22.7 Å². The monoisotopic (exact) mass is 493 g/mol. The lowest BCUT2D eigenvalue weighted by atomic mass is 10.1. The lowest BCUT2D eigenvalue weighted by Gasteiger charge is -2.20. The van der Waals surface area contributed by atoms with Gasteiger partial charge in [-0.3, -0.25) is 10.2 Å². The summed E-state index contributed by atoms with van der Waals surface area (Å²) in [6.07, 6.45) is 1.02. The van der Waals surface area contributed by atoms with Crippen LogP contribution in [0.4, 0.5) is 0 Å². The number of amides is 1. The number of benzene rings is 2. The molecule has 0 bridgehead atoms. The Labute approximate surface area is 200 Å². The van der Waals surface area contributed by atoms with Crippen LogP contribution in [0.2, 0.25) is 5.02 Å². The van der Waals surface area contributed by atoms with Crippen LogP contribution in [0.3, 0.4) is 0 Å². The van der Waals surface area contributed by atoms with E-state index < -0.39 is 22.0 Å². The van der Waals surface area contributed by atoms with Gasteiger partial charge >= 0.3 is 0 Å². The second kappa shape index (κ2) is 12.5. The molecule has 1 atom stereocenters. The first kappa shape index (κ1) is 26.5. The predicted molar refractivity (Wildman–Crippen MR) is 128 cm³/mol. The highest BCUT2D eigenvalue weighted by Crippen LogP contribution is 2.27. The van der Waals surface area contributed by atoms with Gasteiger partial charge in [-0.05, 0) is 47.9 Å². The molecule has 0 aromatic heterocycles. The van der Waals surface area contributed by atoms with E-state index in [2.05, 4.69) is 27.4 Å². The summed E-state index contributed by atoms with van der Waals surface area (Å²) in [4.78, 5) is 12.3. The summed E-state index contributed by atoms with van der Waals surface area (Å²) in [5.74, 6) is 6.30. The van der Waals surface area contributed by atoms with Gasteiger partial charge in [0.05, 0.1) is 13.4 Å². The number of methoxy groups -OCH3 is 1. The third-order valence-corrected chi connectivity index (χ3v) is 5.33. The second-order valence-electron chi connectivity index (χ2n) is 7.54. The van der Waals surface area contributed by atoms with Crippen LogP contribution in [0.25, 0.3) is 0 Å².